The van der Waals surface area contributed by atoms with Crippen molar-refractivity contribution in [3.8, 4) is 22.6 Å². The number of hydrogen-bond donors (Lipinski definition) is 1. The first-order valence-electron chi connectivity index (χ1n) is 16.8. The zero-order valence-electron chi connectivity index (χ0n) is 29.2. The number of halogens is 6. The van der Waals surface area contributed by atoms with E-state index in [0.29, 0.717) is 15.9 Å². The summed E-state index contributed by atoms with van der Waals surface area (Å²) in [6.45, 7) is 2.89. The lowest BCUT2D eigenvalue weighted by atomic mass is 9.75. The summed E-state index contributed by atoms with van der Waals surface area (Å²) in [6.07, 6.45) is -0.839. The standard InChI is InChI=1S/C35H37ClF5N9O3/c1-19(35(39,40)41)13-28(51)53-16-27(21-7-12-25(36)24(14-21)29-43-18-45-49(29)31(37)38)48-30(52)34(46-32(48)42,17-33(2,3)4)22-8-5-20(6-9-22)26-15-44-50(47-26)23-10-11-23/h5-9,12,14-15,18-19,23,27,31H,10-11,13,16-17H2,1-4H3,(H2,42,46)/t19?,27-,34-/m1/s1. The van der Waals surface area contributed by atoms with Crippen LogP contribution < -0.4 is 5.73 Å². The van der Waals surface area contributed by atoms with Crippen LogP contribution in [0.15, 0.2) is 60.0 Å². The molecule has 0 spiro atoms. The second kappa shape index (κ2) is 14.1. The third-order valence-electron chi connectivity index (χ3n) is 9.07. The summed E-state index contributed by atoms with van der Waals surface area (Å²) in [4.78, 5) is 39.1. The molecule has 0 bridgehead atoms. The fourth-order valence-corrected chi connectivity index (χ4v) is 6.51. The molecule has 1 aliphatic heterocycles. The minimum atomic E-state index is -4.65. The second-order valence-electron chi connectivity index (χ2n) is 14.5. The number of nitrogens with two attached hydrogens (primary N) is 1. The summed E-state index contributed by atoms with van der Waals surface area (Å²) in [5.74, 6) is -4.34. The normalized spacial score (nSPS) is 19.1. The molecule has 18 heteroatoms. The van der Waals surface area contributed by atoms with Gasteiger partial charge in [-0.15, -0.1) is 0 Å². The molecule has 2 aliphatic rings. The van der Waals surface area contributed by atoms with E-state index in [4.69, 9.17) is 27.1 Å². The molecule has 0 saturated heterocycles. The number of rotatable bonds is 12. The number of guanidine groups is 1. The van der Waals surface area contributed by atoms with Gasteiger partial charge in [0, 0.05) is 11.1 Å². The quantitative estimate of drug-likeness (QED) is 0.117. The topological polar surface area (TPSA) is 146 Å². The Bertz CT molecular complexity index is 2020. The summed E-state index contributed by atoms with van der Waals surface area (Å²) in [5, 5.41) is 12.5. The van der Waals surface area contributed by atoms with Crippen LogP contribution in [-0.2, 0) is 19.9 Å². The number of hydrogen-bond acceptors (Lipinski definition) is 9. The van der Waals surface area contributed by atoms with Gasteiger partial charge >= 0.3 is 18.7 Å². The van der Waals surface area contributed by atoms with Gasteiger partial charge in [-0.1, -0.05) is 69.6 Å². The largest absolute Gasteiger partial charge is 0.463 e. The van der Waals surface area contributed by atoms with Crippen molar-refractivity contribution >= 4 is 29.4 Å². The molecule has 4 aromatic rings. The molecule has 2 aromatic carbocycles. The van der Waals surface area contributed by atoms with E-state index in [9.17, 15) is 31.5 Å². The predicted octanol–water partition coefficient (Wildman–Crippen LogP) is 7.25. The lowest BCUT2D eigenvalue weighted by Crippen LogP contribution is -2.47. The van der Waals surface area contributed by atoms with E-state index in [0.717, 1.165) is 36.6 Å². The number of carbonyl (C=O) groups is 2. The first kappa shape index (κ1) is 37.8. The molecule has 1 aliphatic carbocycles. The van der Waals surface area contributed by atoms with Crippen molar-refractivity contribution in [2.75, 3.05) is 6.61 Å². The van der Waals surface area contributed by atoms with Crippen LogP contribution >= 0.6 is 11.6 Å². The van der Waals surface area contributed by atoms with Crippen LogP contribution in [0.2, 0.25) is 5.02 Å². The fourth-order valence-electron chi connectivity index (χ4n) is 6.30. The molecule has 6 rings (SSSR count). The number of amides is 1. The lowest BCUT2D eigenvalue weighted by Gasteiger charge is -2.35. The number of carbonyl (C=O) groups excluding carboxylic acids is 2. The van der Waals surface area contributed by atoms with Crippen LogP contribution in [0.4, 0.5) is 22.0 Å². The average molecular weight is 762 g/mol. The van der Waals surface area contributed by atoms with E-state index in [2.05, 4.69) is 20.3 Å². The fraction of sp³-hybridized carbons (Fsp3) is 0.457. The smallest absolute Gasteiger partial charge is 0.392 e. The molecule has 282 valence electrons. The summed E-state index contributed by atoms with van der Waals surface area (Å²) >= 11 is 6.43. The highest BCUT2D eigenvalue weighted by Crippen LogP contribution is 2.46. The first-order chi connectivity index (χ1) is 24.9. The number of nitrogens with zero attached hydrogens (tertiary/aromatic N) is 8. The van der Waals surface area contributed by atoms with E-state index in [1.54, 1.807) is 35.3 Å². The molecular formula is C35H37ClF5N9O3. The molecule has 1 unspecified atom stereocenters. The first-order valence-corrected chi connectivity index (χ1v) is 17.2. The Labute approximate surface area is 306 Å². The molecule has 1 amide bonds. The minimum absolute atomic E-state index is 0.00121. The third kappa shape index (κ3) is 7.89. The number of ether oxygens (including phenoxy) is 1. The summed E-state index contributed by atoms with van der Waals surface area (Å²) < 4.78 is 73.2. The number of aliphatic imine (C=N–C) groups is 1. The number of esters is 1. The van der Waals surface area contributed by atoms with Gasteiger partial charge in [0.2, 0.25) is 0 Å². The van der Waals surface area contributed by atoms with Crippen LogP contribution in [0, 0.1) is 11.3 Å². The van der Waals surface area contributed by atoms with E-state index >= 15 is 0 Å². The average Bonchev–Trinajstić information content (AvgIpc) is 3.49. The molecule has 1 fully saturated rings. The van der Waals surface area contributed by atoms with Crippen molar-refractivity contribution in [3.05, 3.63) is 71.1 Å². The molecule has 0 radical (unpaired) electrons. The van der Waals surface area contributed by atoms with Gasteiger partial charge in [0.15, 0.2) is 17.3 Å². The zero-order valence-corrected chi connectivity index (χ0v) is 29.9. The van der Waals surface area contributed by atoms with Gasteiger partial charge < -0.3 is 10.5 Å². The number of alkyl halides is 5. The summed E-state index contributed by atoms with van der Waals surface area (Å²) in [7, 11) is 0. The minimum Gasteiger partial charge on any atom is -0.463 e. The monoisotopic (exact) mass is 761 g/mol. The van der Waals surface area contributed by atoms with E-state index < -0.39 is 60.5 Å². The van der Waals surface area contributed by atoms with E-state index in [-0.39, 0.29) is 40.4 Å². The van der Waals surface area contributed by atoms with Crippen LogP contribution in [0.3, 0.4) is 0 Å². The Morgan fingerprint density at radius 3 is 2.42 bits per heavy atom. The summed E-state index contributed by atoms with van der Waals surface area (Å²) in [6, 6.07) is 10.3. The third-order valence-corrected chi connectivity index (χ3v) is 9.40. The highest BCUT2D eigenvalue weighted by molar-refractivity contribution is 6.33. The van der Waals surface area contributed by atoms with Crippen LogP contribution in [0.5, 0.6) is 0 Å². The zero-order chi connectivity index (χ0) is 38.5. The Morgan fingerprint density at radius 1 is 1.09 bits per heavy atom. The van der Waals surface area contributed by atoms with Gasteiger partial charge in [0.05, 0.1) is 35.6 Å². The van der Waals surface area contributed by atoms with Crippen LogP contribution in [-0.4, -0.2) is 65.3 Å². The highest BCUT2D eigenvalue weighted by Gasteiger charge is 2.53. The van der Waals surface area contributed by atoms with E-state index in [1.165, 1.54) is 18.2 Å². The highest BCUT2D eigenvalue weighted by atomic mass is 35.5. The van der Waals surface area contributed by atoms with Crippen molar-refractivity contribution in [2.45, 2.75) is 83.7 Å². The van der Waals surface area contributed by atoms with Crippen molar-refractivity contribution in [3.63, 3.8) is 0 Å². The Kier molecular flexibility index (Phi) is 10.1. The van der Waals surface area contributed by atoms with Gasteiger partial charge in [-0.2, -0.15) is 46.7 Å². The maximum absolute atomic E-state index is 14.9. The van der Waals surface area contributed by atoms with Crippen molar-refractivity contribution in [2.24, 2.45) is 22.1 Å². The lowest BCUT2D eigenvalue weighted by molar-refractivity contribution is -0.181. The second-order valence-corrected chi connectivity index (χ2v) is 14.9. The van der Waals surface area contributed by atoms with Crippen LogP contribution in [0.1, 0.15) is 83.1 Å². The van der Waals surface area contributed by atoms with Gasteiger partial charge in [0.25, 0.3) is 5.91 Å². The van der Waals surface area contributed by atoms with Gasteiger partial charge in [-0.25, -0.2) is 9.98 Å². The number of benzene rings is 2. The van der Waals surface area contributed by atoms with Crippen molar-refractivity contribution in [1.82, 2.24) is 34.7 Å². The van der Waals surface area contributed by atoms with Crippen LogP contribution in [0.25, 0.3) is 22.6 Å². The van der Waals surface area contributed by atoms with Gasteiger partial charge in [-0.3, -0.25) is 14.5 Å². The van der Waals surface area contributed by atoms with Gasteiger partial charge in [-0.05, 0) is 47.9 Å². The Morgan fingerprint density at radius 2 is 1.79 bits per heavy atom. The molecule has 53 heavy (non-hydrogen) atoms. The number of aromatic nitrogens is 6. The molecule has 3 atom stereocenters. The SMILES string of the molecule is CC(CC(=O)OC[C@H](c1ccc(Cl)c(-c2ncnn2C(F)F)c1)N1C(=O)[C@@](CC(C)(C)C)(c2ccc(-c3cnn(C4CC4)n3)cc2)N=C1N)C(F)(F)F. The molecular weight excluding hydrogens is 725 g/mol. The molecule has 1 saturated carbocycles. The molecule has 2 aromatic heterocycles. The molecule has 3 heterocycles. The summed E-state index contributed by atoms with van der Waals surface area (Å²) in [5.41, 5.74) is 6.59. The Hall–Kier alpha value is -4.93. The maximum atomic E-state index is 14.9. The van der Waals surface area contributed by atoms with Gasteiger partial charge in [0.1, 0.15) is 18.6 Å². The maximum Gasteiger partial charge on any atom is 0.392 e. The molecule has 12 nitrogen and oxygen atoms in total. The molecule has 2 N–H and O–H groups in total. The predicted molar refractivity (Wildman–Crippen MR) is 183 cm³/mol. The van der Waals surface area contributed by atoms with Crippen molar-refractivity contribution < 1.29 is 36.3 Å². The van der Waals surface area contributed by atoms with E-state index in [1.807, 2.05) is 20.8 Å². The van der Waals surface area contributed by atoms with Crippen molar-refractivity contribution in [1.29, 1.82) is 0 Å². The Balaban J connectivity index is 1.39.